The summed E-state index contributed by atoms with van der Waals surface area (Å²) in [5.74, 6) is 0.929. The summed E-state index contributed by atoms with van der Waals surface area (Å²) < 4.78 is 5.79. The van der Waals surface area contributed by atoms with Crippen molar-refractivity contribution in [2.24, 2.45) is 0 Å². The van der Waals surface area contributed by atoms with Crippen LogP contribution in [-0.2, 0) is 13.0 Å². The lowest BCUT2D eigenvalue weighted by Crippen LogP contribution is -2.16. The quantitative estimate of drug-likeness (QED) is 0.393. The minimum atomic E-state index is -0.231. The third kappa shape index (κ3) is 5.04. The molecule has 0 radical (unpaired) electrons. The summed E-state index contributed by atoms with van der Waals surface area (Å²) in [6.07, 6.45) is 0.646. The van der Waals surface area contributed by atoms with Gasteiger partial charge < -0.3 is 4.74 Å². The standard InChI is InChI=1S/C22H19BrO2/c23-21(22(24)19-9-5-2-6-10-19)15-17-11-13-20(14-12-17)25-16-18-7-3-1-4-8-18/h1-14,21H,15-16H2. The molecule has 0 aliphatic heterocycles. The first-order valence-electron chi connectivity index (χ1n) is 8.21. The number of carbonyl (C=O) groups excluding carboxylic acids is 1. The summed E-state index contributed by atoms with van der Waals surface area (Å²) in [5.41, 5.74) is 2.96. The van der Waals surface area contributed by atoms with Crippen molar-refractivity contribution in [1.29, 1.82) is 0 Å². The van der Waals surface area contributed by atoms with Gasteiger partial charge in [-0.3, -0.25) is 4.79 Å². The molecule has 3 rings (SSSR count). The molecule has 0 aromatic heterocycles. The lowest BCUT2D eigenvalue weighted by Gasteiger charge is -2.10. The van der Waals surface area contributed by atoms with E-state index in [4.69, 9.17) is 4.74 Å². The molecule has 0 saturated carbocycles. The van der Waals surface area contributed by atoms with E-state index in [2.05, 4.69) is 15.9 Å². The van der Waals surface area contributed by atoms with E-state index < -0.39 is 0 Å². The Balaban J connectivity index is 1.56. The Morgan fingerprint density at radius 1 is 0.800 bits per heavy atom. The lowest BCUT2D eigenvalue weighted by atomic mass is 10.0. The molecule has 0 N–H and O–H groups in total. The van der Waals surface area contributed by atoms with Crippen LogP contribution < -0.4 is 4.74 Å². The Morgan fingerprint density at radius 3 is 2.04 bits per heavy atom. The van der Waals surface area contributed by atoms with Crippen LogP contribution in [0.4, 0.5) is 0 Å². The van der Waals surface area contributed by atoms with E-state index in [0.717, 1.165) is 22.4 Å². The highest BCUT2D eigenvalue weighted by Crippen LogP contribution is 2.19. The second kappa shape index (κ2) is 8.63. The Hall–Kier alpha value is -2.39. The van der Waals surface area contributed by atoms with Crippen molar-refractivity contribution in [3.05, 3.63) is 102 Å². The highest BCUT2D eigenvalue weighted by atomic mass is 79.9. The second-order valence-corrected chi connectivity index (χ2v) is 6.93. The molecule has 0 spiro atoms. The van der Waals surface area contributed by atoms with Crippen molar-refractivity contribution in [3.63, 3.8) is 0 Å². The molecular formula is C22H19BrO2. The summed E-state index contributed by atoms with van der Waals surface area (Å²) in [4.78, 5) is 12.2. The fraction of sp³-hybridized carbons (Fsp3) is 0.136. The fourth-order valence-corrected chi connectivity index (χ4v) is 3.18. The topological polar surface area (TPSA) is 26.3 Å². The van der Waals surface area contributed by atoms with Gasteiger partial charge in [-0.15, -0.1) is 0 Å². The van der Waals surface area contributed by atoms with E-state index in [-0.39, 0.29) is 10.6 Å². The highest BCUT2D eigenvalue weighted by Gasteiger charge is 2.17. The molecule has 126 valence electrons. The summed E-state index contributed by atoms with van der Waals surface area (Å²) in [5, 5.41) is 0. The molecule has 3 aromatic carbocycles. The Kier molecular flexibility index (Phi) is 6.02. The van der Waals surface area contributed by atoms with E-state index >= 15 is 0 Å². The minimum Gasteiger partial charge on any atom is -0.489 e. The maximum atomic E-state index is 12.4. The van der Waals surface area contributed by atoms with Crippen LogP contribution in [0.15, 0.2) is 84.9 Å². The number of hydrogen-bond donors (Lipinski definition) is 0. The maximum Gasteiger partial charge on any atom is 0.176 e. The van der Waals surface area contributed by atoms with Gasteiger partial charge in [-0.05, 0) is 29.7 Å². The summed E-state index contributed by atoms with van der Waals surface area (Å²) >= 11 is 3.52. The van der Waals surface area contributed by atoms with Gasteiger partial charge >= 0.3 is 0 Å². The lowest BCUT2D eigenvalue weighted by molar-refractivity contribution is 0.0991. The van der Waals surface area contributed by atoms with Crippen molar-refractivity contribution >= 4 is 21.7 Å². The molecule has 0 amide bonds. The number of ether oxygens (including phenoxy) is 1. The van der Waals surface area contributed by atoms with E-state index in [1.54, 1.807) is 0 Å². The molecule has 1 atom stereocenters. The van der Waals surface area contributed by atoms with Crippen molar-refractivity contribution in [1.82, 2.24) is 0 Å². The number of halogens is 1. The molecule has 0 aliphatic carbocycles. The largest absolute Gasteiger partial charge is 0.489 e. The zero-order chi connectivity index (χ0) is 17.5. The number of hydrogen-bond acceptors (Lipinski definition) is 2. The highest BCUT2D eigenvalue weighted by molar-refractivity contribution is 9.10. The molecule has 0 bridgehead atoms. The van der Waals surface area contributed by atoms with Crippen molar-refractivity contribution in [2.45, 2.75) is 17.9 Å². The molecule has 0 heterocycles. The van der Waals surface area contributed by atoms with Gasteiger partial charge in [0.1, 0.15) is 12.4 Å². The minimum absolute atomic E-state index is 0.102. The van der Waals surface area contributed by atoms with E-state index in [1.807, 2.05) is 84.9 Å². The fourth-order valence-electron chi connectivity index (χ4n) is 2.55. The third-order valence-corrected chi connectivity index (χ3v) is 4.67. The van der Waals surface area contributed by atoms with Gasteiger partial charge in [0.2, 0.25) is 0 Å². The molecule has 3 heteroatoms. The van der Waals surface area contributed by atoms with Crippen LogP contribution in [-0.4, -0.2) is 10.6 Å². The normalized spacial score (nSPS) is 11.7. The third-order valence-electron chi connectivity index (χ3n) is 3.93. The number of carbonyl (C=O) groups is 1. The van der Waals surface area contributed by atoms with Crippen LogP contribution >= 0.6 is 15.9 Å². The Bertz CT molecular complexity index is 798. The number of alkyl halides is 1. The first-order valence-corrected chi connectivity index (χ1v) is 9.13. The number of benzene rings is 3. The molecule has 25 heavy (non-hydrogen) atoms. The number of ketones is 1. The van der Waals surface area contributed by atoms with Crippen LogP contribution in [0.5, 0.6) is 5.75 Å². The van der Waals surface area contributed by atoms with Gasteiger partial charge in [-0.1, -0.05) is 88.7 Å². The molecular weight excluding hydrogens is 376 g/mol. The average molecular weight is 395 g/mol. The van der Waals surface area contributed by atoms with Gasteiger partial charge in [-0.2, -0.15) is 0 Å². The van der Waals surface area contributed by atoms with Gasteiger partial charge in [0.15, 0.2) is 5.78 Å². The summed E-state index contributed by atoms with van der Waals surface area (Å²) in [7, 11) is 0. The van der Waals surface area contributed by atoms with Crippen LogP contribution in [0.25, 0.3) is 0 Å². The predicted molar refractivity (Wildman–Crippen MR) is 104 cm³/mol. The molecule has 2 nitrogen and oxygen atoms in total. The first kappa shape index (κ1) is 17.4. The SMILES string of the molecule is O=C(c1ccccc1)C(Br)Cc1ccc(OCc2ccccc2)cc1. The van der Waals surface area contributed by atoms with Gasteiger partial charge in [-0.25, -0.2) is 0 Å². The van der Waals surface area contributed by atoms with Crippen molar-refractivity contribution in [2.75, 3.05) is 0 Å². The van der Waals surface area contributed by atoms with Crippen LogP contribution in [0.2, 0.25) is 0 Å². The van der Waals surface area contributed by atoms with Gasteiger partial charge in [0, 0.05) is 5.56 Å². The Labute approximate surface area is 156 Å². The van der Waals surface area contributed by atoms with Crippen LogP contribution in [0.3, 0.4) is 0 Å². The van der Waals surface area contributed by atoms with Crippen molar-refractivity contribution in [3.8, 4) is 5.75 Å². The zero-order valence-corrected chi connectivity index (χ0v) is 15.4. The zero-order valence-electron chi connectivity index (χ0n) is 13.8. The Morgan fingerprint density at radius 2 is 1.40 bits per heavy atom. The van der Waals surface area contributed by atoms with Gasteiger partial charge in [0.25, 0.3) is 0 Å². The number of rotatable bonds is 7. The van der Waals surface area contributed by atoms with E-state index in [1.165, 1.54) is 0 Å². The van der Waals surface area contributed by atoms with Crippen LogP contribution in [0, 0.1) is 0 Å². The molecule has 3 aromatic rings. The predicted octanol–water partition coefficient (Wildman–Crippen LogP) is 5.45. The monoisotopic (exact) mass is 394 g/mol. The van der Waals surface area contributed by atoms with E-state index in [0.29, 0.717) is 13.0 Å². The second-order valence-electron chi connectivity index (χ2n) is 5.82. The smallest absolute Gasteiger partial charge is 0.176 e. The molecule has 0 saturated heterocycles. The summed E-state index contributed by atoms with van der Waals surface area (Å²) in [6, 6.07) is 27.4. The average Bonchev–Trinajstić information content (AvgIpc) is 2.68. The summed E-state index contributed by atoms with van der Waals surface area (Å²) in [6.45, 7) is 0.549. The van der Waals surface area contributed by atoms with Gasteiger partial charge in [0.05, 0.1) is 4.83 Å². The molecule has 0 aliphatic rings. The first-order chi connectivity index (χ1) is 12.2. The molecule has 0 fully saturated rings. The van der Waals surface area contributed by atoms with Crippen molar-refractivity contribution < 1.29 is 9.53 Å². The van der Waals surface area contributed by atoms with Crippen LogP contribution in [0.1, 0.15) is 21.5 Å². The maximum absolute atomic E-state index is 12.4. The van der Waals surface area contributed by atoms with E-state index in [9.17, 15) is 4.79 Å². The number of Topliss-reactive ketones (excluding diaryl/α,β-unsaturated/α-hetero) is 1. The molecule has 1 unspecified atom stereocenters.